The zero-order valence-electron chi connectivity index (χ0n) is 50.6. The molecule has 0 amide bonds. The van der Waals surface area contributed by atoms with Crippen LogP contribution in [0, 0.1) is 23.7 Å². The number of hydrogen-bond acceptors (Lipinski definition) is 15. The van der Waals surface area contributed by atoms with Crippen molar-refractivity contribution in [2.75, 3.05) is 27.4 Å². The number of allylic oxidation sites excluding steroid dienone is 2. The average Bonchev–Trinajstić information content (AvgIpc) is 1.93. The summed E-state index contributed by atoms with van der Waals surface area (Å²) in [5.74, 6) is -0.722. The molecule has 8 aliphatic rings. The Hall–Kier alpha value is -4.80. The highest BCUT2D eigenvalue weighted by atomic mass is 32.2. The zero-order chi connectivity index (χ0) is 60.8. The van der Waals surface area contributed by atoms with Gasteiger partial charge in [0, 0.05) is 27.1 Å². The second-order valence-corrected chi connectivity index (χ2v) is 27.1. The van der Waals surface area contributed by atoms with Gasteiger partial charge in [0.05, 0.1) is 59.8 Å². The van der Waals surface area contributed by atoms with E-state index in [1.807, 2.05) is 6.07 Å². The standard InChI is InChI=1S/2C24H39NO5.C11H8O3.C6H6O3S/c2*1-15(2)5-10-19-23(3,30-19)22-21(27-4)18(11-12-24(22)14-28-24)29-20(26)13-16-6-8-17(25)9-7-16;12-10-8-4-2-1-3-7(8)5-6-9(10)11(13)14;7-10(8,9)6-4-2-1-3-5-6/h2*5,16-19,21-22H,6-14,25H2,1-4H3;1-6,12H,(H,13,14);1-5H,(H,7,8,9)/t2*16?,17?,18?,19-,21?,22?,23-,24+;;/m11../s1. The highest BCUT2D eigenvalue weighted by Gasteiger charge is 2.73. The molecule has 4 heterocycles. The number of aromatic carboxylic acids is 1. The minimum atomic E-state index is -4.25. The van der Waals surface area contributed by atoms with Crippen LogP contribution in [-0.4, -0.2) is 135 Å². The SMILES string of the molecule is COC1C(OC(=O)CC2CCC([NH3+])CC2)CC[C@]2(CO2)C1[C@]1(C)O[C@@H]1CC=C(C)C.COC1C(OC(=O)CC2CCC([NH3+])CC2)CC[C@]2(CO2)C1[C@]1(C)O[C@@H]1CC=C(C)C.O=C(O)c1ccc2ccccc2c1[O-].O=S(=O)([O-])c1ccccc1. The number of carboxylic acid groups (broad SMARTS) is 1. The lowest BCUT2D eigenvalue weighted by atomic mass is 9.68. The van der Waals surface area contributed by atoms with Crippen molar-refractivity contribution in [1.29, 1.82) is 0 Å². The maximum absolute atomic E-state index is 12.7. The smallest absolute Gasteiger partial charge is 0.335 e. The predicted molar refractivity (Wildman–Crippen MR) is 310 cm³/mol. The summed E-state index contributed by atoms with van der Waals surface area (Å²) in [4.78, 5) is 36.0. The summed E-state index contributed by atoms with van der Waals surface area (Å²) in [6, 6.07) is 18.2. The van der Waals surface area contributed by atoms with Crippen molar-refractivity contribution >= 4 is 38.8 Å². The van der Waals surface area contributed by atoms with Gasteiger partial charge in [-0.05, 0) is 172 Å². The molecule has 12 atom stereocenters. The van der Waals surface area contributed by atoms with Crippen molar-refractivity contribution in [2.45, 2.75) is 220 Å². The van der Waals surface area contributed by atoms with Crippen LogP contribution in [0.1, 0.15) is 155 Å². The first kappa shape index (κ1) is 65.2. The van der Waals surface area contributed by atoms with Crippen LogP contribution < -0.4 is 16.6 Å². The molecule has 0 bridgehead atoms. The van der Waals surface area contributed by atoms with Crippen LogP contribution in [0.15, 0.2) is 94.9 Å². The van der Waals surface area contributed by atoms with E-state index < -0.39 is 21.8 Å². The van der Waals surface area contributed by atoms with E-state index in [-0.39, 0.29) is 93.3 Å². The first-order valence-corrected chi connectivity index (χ1v) is 31.7. The molecular weight excluding hydrogens is 1100 g/mol. The number of hydrogen-bond donors (Lipinski definition) is 3. The quantitative estimate of drug-likeness (QED) is 0.0533. The molecule has 19 heteroatoms. The van der Waals surface area contributed by atoms with Gasteiger partial charge in [-0.15, -0.1) is 0 Å². The van der Waals surface area contributed by atoms with Crippen molar-refractivity contribution in [2.24, 2.45) is 23.7 Å². The van der Waals surface area contributed by atoms with Crippen LogP contribution in [0.3, 0.4) is 0 Å². The molecule has 18 nitrogen and oxygen atoms in total. The van der Waals surface area contributed by atoms with Crippen LogP contribution in [0.5, 0.6) is 5.75 Å². The van der Waals surface area contributed by atoms with E-state index in [0.29, 0.717) is 42.1 Å². The van der Waals surface area contributed by atoms with Gasteiger partial charge in [-0.1, -0.05) is 77.6 Å². The van der Waals surface area contributed by atoms with Gasteiger partial charge in [-0.2, -0.15) is 0 Å². The molecule has 464 valence electrons. The Morgan fingerprint density at radius 3 is 1.43 bits per heavy atom. The third-order valence-electron chi connectivity index (χ3n) is 19.0. The van der Waals surface area contributed by atoms with Crippen molar-refractivity contribution in [3.63, 3.8) is 0 Å². The molecule has 4 aliphatic carbocycles. The van der Waals surface area contributed by atoms with Crippen LogP contribution in [0.2, 0.25) is 0 Å². The Labute approximate surface area is 496 Å². The topological polar surface area (TPSA) is 294 Å². The van der Waals surface area contributed by atoms with E-state index in [1.54, 1.807) is 44.6 Å². The minimum Gasteiger partial charge on any atom is -0.871 e. The molecule has 6 unspecified atom stereocenters. The van der Waals surface area contributed by atoms with Gasteiger partial charge in [-0.3, -0.25) is 9.59 Å². The number of benzene rings is 3. The highest BCUT2D eigenvalue weighted by Crippen LogP contribution is 2.61. The first-order valence-electron chi connectivity index (χ1n) is 30.3. The maximum Gasteiger partial charge on any atom is 0.335 e. The van der Waals surface area contributed by atoms with E-state index in [9.17, 15) is 32.5 Å². The van der Waals surface area contributed by atoms with Gasteiger partial charge in [0.2, 0.25) is 0 Å². The molecular formula is C65H92N2O16S. The normalized spacial score (nSPS) is 35.3. The van der Waals surface area contributed by atoms with Crippen molar-refractivity contribution in [3.05, 3.63) is 95.6 Å². The highest BCUT2D eigenvalue weighted by molar-refractivity contribution is 7.85. The van der Waals surface area contributed by atoms with E-state index in [1.165, 1.54) is 41.5 Å². The third-order valence-corrected chi connectivity index (χ3v) is 19.9. The Balaban J connectivity index is 0.000000159. The lowest BCUT2D eigenvalue weighted by Gasteiger charge is -2.42. The van der Waals surface area contributed by atoms with E-state index in [4.69, 9.17) is 43.0 Å². The number of esters is 2. The summed E-state index contributed by atoms with van der Waals surface area (Å²) in [7, 11) is -0.796. The average molecular weight is 1190 g/mol. The Bertz CT molecular complexity index is 2790. The number of carboxylic acids is 1. The molecule has 84 heavy (non-hydrogen) atoms. The molecule has 4 saturated heterocycles. The summed E-state index contributed by atoms with van der Waals surface area (Å²) in [6.07, 6.45) is 19.0. The van der Waals surface area contributed by atoms with Gasteiger partial charge in [0.1, 0.15) is 56.9 Å². The van der Waals surface area contributed by atoms with Gasteiger partial charge < -0.3 is 64.1 Å². The molecule has 11 rings (SSSR count). The predicted octanol–water partition coefficient (Wildman–Crippen LogP) is 7.80. The summed E-state index contributed by atoms with van der Waals surface area (Å²) >= 11 is 0. The van der Waals surface area contributed by atoms with Crippen LogP contribution in [0.25, 0.3) is 10.8 Å². The second-order valence-electron chi connectivity index (χ2n) is 25.7. The zero-order valence-corrected chi connectivity index (χ0v) is 51.4. The molecule has 0 radical (unpaired) electrons. The lowest BCUT2D eigenvalue weighted by molar-refractivity contribution is -0.427. The number of rotatable bonds is 16. The van der Waals surface area contributed by atoms with Crippen LogP contribution in [-0.2, 0) is 57.6 Å². The van der Waals surface area contributed by atoms with E-state index in [0.717, 1.165) is 108 Å². The monoisotopic (exact) mass is 1190 g/mol. The van der Waals surface area contributed by atoms with Crippen molar-refractivity contribution in [1.82, 2.24) is 0 Å². The lowest BCUT2D eigenvalue weighted by Crippen LogP contribution is -2.61. The Morgan fingerprint density at radius 1 is 0.643 bits per heavy atom. The summed E-state index contributed by atoms with van der Waals surface area (Å²) in [5.41, 5.74) is 9.80. The van der Waals surface area contributed by atoms with Gasteiger partial charge in [-0.25, -0.2) is 13.2 Å². The number of epoxide rings is 4. The molecule has 3 aromatic rings. The Kier molecular flexibility index (Phi) is 21.3. The van der Waals surface area contributed by atoms with Gasteiger partial charge in [0.15, 0.2) is 0 Å². The molecule has 2 spiro atoms. The van der Waals surface area contributed by atoms with E-state index >= 15 is 0 Å². The number of carbonyl (C=O) groups excluding carboxylic acids is 2. The molecule has 4 aliphatic heterocycles. The number of ether oxygens (including phenoxy) is 8. The molecule has 7 N–H and O–H groups in total. The van der Waals surface area contributed by atoms with E-state index in [2.05, 4.69) is 65.2 Å². The van der Waals surface area contributed by atoms with Gasteiger partial charge >= 0.3 is 17.9 Å². The fourth-order valence-corrected chi connectivity index (χ4v) is 14.4. The number of carbonyl (C=O) groups is 3. The largest absolute Gasteiger partial charge is 0.871 e. The number of fused-ring (bicyclic) bond motifs is 1. The second kappa shape index (κ2) is 27.5. The summed E-state index contributed by atoms with van der Waals surface area (Å²) in [6.45, 7) is 14.3. The molecule has 4 saturated carbocycles. The fraction of sp³-hybridized carbons (Fsp3) is 0.646. The minimum absolute atomic E-state index is 0.0797. The summed E-state index contributed by atoms with van der Waals surface area (Å²) < 4.78 is 79.3. The molecule has 8 fully saturated rings. The van der Waals surface area contributed by atoms with Crippen LogP contribution >= 0.6 is 0 Å². The Morgan fingerprint density at radius 2 is 1.06 bits per heavy atom. The van der Waals surface area contributed by atoms with Crippen LogP contribution in [0.4, 0.5) is 0 Å². The van der Waals surface area contributed by atoms with Gasteiger partial charge in [0.25, 0.3) is 0 Å². The van der Waals surface area contributed by atoms with Crippen molar-refractivity contribution in [3.8, 4) is 5.75 Å². The molecule has 3 aromatic carbocycles. The summed E-state index contributed by atoms with van der Waals surface area (Å²) in [5, 5.41) is 21.5. The third kappa shape index (κ3) is 16.0. The fourth-order valence-electron chi connectivity index (χ4n) is 13.9. The number of methoxy groups -OCH3 is 2. The maximum atomic E-state index is 12.7. The first-order chi connectivity index (χ1) is 39.8. The molecule has 0 aromatic heterocycles. The van der Waals surface area contributed by atoms with Crippen molar-refractivity contribution < 1.29 is 86.9 Å². The number of quaternary nitrogens is 2.